The van der Waals surface area contributed by atoms with Gasteiger partial charge in [0.25, 0.3) is 0 Å². The smallest absolute Gasteiger partial charge is 0.160 e. The molecule has 5 nitrogen and oxygen atoms in total. The van der Waals surface area contributed by atoms with Crippen LogP contribution in [-0.2, 0) is 10.2 Å². The summed E-state index contributed by atoms with van der Waals surface area (Å²) >= 11 is 6.09. The molecule has 3 rings (SSSR count). The lowest BCUT2D eigenvalue weighted by molar-refractivity contribution is 0.0288. The van der Waals surface area contributed by atoms with Crippen LogP contribution in [0.3, 0.4) is 0 Å². The van der Waals surface area contributed by atoms with Gasteiger partial charge in [-0.15, -0.1) is 10.2 Å². The average molecular weight is 295 g/mol. The van der Waals surface area contributed by atoms with Crippen molar-refractivity contribution in [3.05, 3.63) is 29.2 Å². The van der Waals surface area contributed by atoms with Crippen molar-refractivity contribution >= 4 is 17.2 Å². The standard InChI is InChI=1S/C14H19ClN4O/c1-14(2,10-18-5-7-20-8-6-18)13-17-16-12-4-3-11(15)9-19(12)13/h3-4,9H,5-8,10H2,1-2H3. The molecule has 2 aromatic rings. The zero-order valence-electron chi connectivity index (χ0n) is 11.8. The van der Waals surface area contributed by atoms with Crippen LogP contribution in [0, 0.1) is 0 Å². The van der Waals surface area contributed by atoms with E-state index in [9.17, 15) is 0 Å². The average Bonchev–Trinajstić information content (AvgIpc) is 2.83. The van der Waals surface area contributed by atoms with E-state index < -0.39 is 0 Å². The monoisotopic (exact) mass is 294 g/mol. The third-order valence-electron chi connectivity index (χ3n) is 3.69. The Balaban J connectivity index is 1.89. The van der Waals surface area contributed by atoms with Crippen LogP contribution in [0.2, 0.25) is 5.02 Å². The number of aromatic nitrogens is 3. The van der Waals surface area contributed by atoms with Crippen molar-refractivity contribution in [2.24, 2.45) is 0 Å². The van der Waals surface area contributed by atoms with Gasteiger partial charge in [-0.2, -0.15) is 0 Å². The van der Waals surface area contributed by atoms with Crippen LogP contribution < -0.4 is 0 Å². The second-order valence-electron chi connectivity index (χ2n) is 5.87. The molecule has 3 heterocycles. The minimum Gasteiger partial charge on any atom is -0.379 e. The molecule has 0 amide bonds. The lowest BCUT2D eigenvalue weighted by Crippen LogP contribution is -2.44. The fraction of sp³-hybridized carbons (Fsp3) is 0.571. The van der Waals surface area contributed by atoms with Crippen molar-refractivity contribution < 1.29 is 4.74 Å². The Morgan fingerprint density at radius 3 is 2.75 bits per heavy atom. The van der Waals surface area contributed by atoms with Gasteiger partial charge in [-0.3, -0.25) is 9.30 Å². The molecule has 1 saturated heterocycles. The van der Waals surface area contributed by atoms with E-state index >= 15 is 0 Å². The zero-order valence-corrected chi connectivity index (χ0v) is 12.6. The highest BCUT2D eigenvalue weighted by atomic mass is 35.5. The number of halogens is 1. The van der Waals surface area contributed by atoms with Gasteiger partial charge in [-0.25, -0.2) is 0 Å². The Bertz CT molecular complexity index is 604. The number of hydrogen-bond acceptors (Lipinski definition) is 4. The van der Waals surface area contributed by atoms with Crippen molar-refractivity contribution in [3.63, 3.8) is 0 Å². The van der Waals surface area contributed by atoms with Crippen LogP contribution >= 0.6 is 11.6 Å². The van der Waals surface area contributed by atoms with Gasteiger partial charge >= 0.3 is 0 Å². The molecule has 1 aliphatic rings. The van der Waals surface area contributed by atoms with Crippen LogP contribution in [0.15, 0.2) is 18.3 Å². The molecule has 6 heteroatoms. The predicted molar refractivity (Wildman–Crippen MR) is 78.3 cm³/mol. The zero-order chi connectivity index (χ0) is 14.2. The van der Waals surface area contributed by atoms with E-state index in [1.807, 2.05) is 22.7 Å². The summed E-state index contributed by atoms with van der Waals surface area (Å²) in [4.78, 5) is 2.41. The Hall–Kier alpha value is -1.17. The van der Waals surface area contributed by atoms with E-state index in [1.54, 1.807) is 0 Å². The molecule has 0 radical (unpaired) electrons. The van der Waals surface area contributed by atoms with Crippen LogP contribution in [0.25, 0.3) is 5.65 Å². The second-order valence-corrected chi connectivity index (χ2v) is 6.31. The minimum absolute atomic E-state index is 0.0958. The molecule has 0 aliphatic carbocycles. The highest BCUT2D eigenvalue weighted by Crippen LogP contribution is 2.24. The summed E-state index contributed by atoms with van der Waals surface area (Å²) in [6, 6.07) is 3.73. The van der Waals surface area contributed by atoms with Gasteiger partial charge < -0.3 is 4.74 Å². The summed E-state index contributed by atoms with van der Waals surface area (Å²) in [6.07, 6.45) is 1.88. The molecule has 2 aromatic heterocycles. The molecule has 0 unspecified atom stereocenters. The van der Waals surface area contributed by atoms with E-state index in [1.165, 1.54) is 0 Å². The SMILES string of the molecule is CC(C)(CN1CCOCC1)c1nnc2ccc(Cl)cn12. The van der Waals surface area contributed by atoms with E-state index in [4.69, 9.17) is 16.3 Å². The van der Waals surface area contributed by atoms with Crippen molar-refractivity contribution in [1.29, 1.82) is 0 Å². The fourth-order valence-electron chi connectivity index (χ4n) is 2.72. The van der Waals surface area contributed by atoms with E-state index in [2.05, 4.69) is 28.9 Å². The minimum atomic E-state index is -0.0958. The van der Waals surface area contributed by atoms with Crippen molar-refractivity contribution in [2.75, 3.05) is 32.8 Å². The number of ether oxygens (including phenoxy) is 1. The third kappa shape index (κ3) is 2.66. The largest absolute Gasteiger partial charge is 0.379 e. The Morgan fingerprint density at radius 1 is 1.25 bits per heavy atom. The molecule has 1 aliphatic heterocycles. The van der Waals surface area contributed by atoms with Crippen molar-refractivity contribution in [2.45, 2.75) is 19.3 Å². The summed E-state index contributed by atoms with van der Waals surface area (Å²) in [5, 5.41) is 9.30. The Morgan fingerprint density at radius 2 is 2.00 bits per heavy atom. The van der Waals surface area contributed by atoms with E-state index in [0.717, 1.165) is 44.3 Å². The van der Waals surface area contributed by atoms with Gasteiger partial charge in [0, 0.05) is 31.2 Å². The molecule has 0 N–H and O–H groups in total. The molecule has 20 heavy (non-hydrogen) atoms. The number of hydrogen-bond donors (Lipinski definition) is 0. The van der Waals surface area contributed by atoms with E-state index in [-0.39, 0.29) is 5.41 Å². The summed E-state index contributed by atoms with van der Waals surface area (Å²) < 4.78 is 7.39. The summed E-state index contributed by atoms with van der Waals surface area (Å²) in [6.45, 7) is 8.89. The normalized spacial score (nSPS) is 17.8. The number of fused-ring (bicyclic) bond motifs is 1. The van der Waals surface area contributed by atoms with Crippen molar-refractivity contribution in [3.8, 4) is 0 Å². The molecule has 0 saturated carbocycles. The Kier molecular flexibility index (Phi) is 3.67. The van der Waals surface area contributed by atoms with Crippen LogP contribution in [-0.4, -0.2) is 52.3 Å². The van der Waals surface area contributed by atoms with Gasteiger partial charge in [-0.1, -0.05) is 25.4 Å². The molecule has 0 bridgehead atoms. The molecule has 0 spiro atoms. The van der Waals surface area contributed by atoms with Gasteiger partial charge in [0.05, 0.1) is 18.2 Å². The Labute approximate surface area is 123 Å². The van der Waals surface area contributed by atoms with Crippen LogP contribution in [0.4, 0.5) is 0 Å². The number of pyridine rings is 1. The lowest BCUT2D eigenvalue weighted by Gasteiger charge is -2.33. The molecular weight excluding hydrogens is 276 g/mol. The maximum atomic E-state index is 6.09. The van der Waals surface area contributed by atoms with Gasteiger partial charge in [0.2, 0.25) is 0 Å². The quantitative estimate of drug-likeness (QED) is 0.868. The lowest BCUT2D eigenvalue weighted by atomic mass is 9.91. The maximum Gasteiger partial charge on any atom is 0.160 e. The molecule has 1 fully saturated rings. The van der Waals surface area contributed by atoms with Crippen molar-refractivity contribution in [1.82, 2.24) is 19.5 Å². The fourth-order valence-corrected chi connectivity index (χ4v) is 2.88. The summed E-state index contributed by atoms with van der Waals surface area (Å²) in [5.41, 5.74) is 0.737. The highest BCUT2D eigenvalue weighted by Gasteiger charge is 2.29. The predicted octanol–water partition coefficient (Wildman–Crippen LogP) is 1.99. The molecule has 0 aromatic carbocycles. The number of rotatable bonds is 3. The van der Waals surface area contributed by atoms with E-state index in [0.29, 0.717) is 5.02 Å². The van der Waals surface area contributed by atoms with Gasteiger partial charge in [0.1, 0.15) is 5.82 Å². The summed E-state index contributed by atoms with van der Waals surface area (Å²) in [5.74, 6) is 0.946. The first-order valence-corrected chi connectivity index (χ1v) is 7.25. The highest BCUT2D eigenvalue weighted by molar-refractivity contribution is 6.30. The number of nitrogens with zero attached hydrogens (tertiary/aromatic N) is 4. The van der Waals surface area contributed by atoms with Crippen LogP contribution in [0.1, 0.15) is 19.7 Å². The molecule has 108 valence electrons. The first-order chi connectivity index (χ1) is 9.56. The molecule has 0 atom stereocenters. The molecular formula is C14H19ClN4O. The second kappa shape index (κ2) is 5.31. The summed E-state index contributed by atoms with van der Waals surface area (Å²) in [7, 11) is 0. The van der Waals surface area contributed by atoms with Crippen LogP contribution in [0.5, 0.6) is 0 Å². The topological polar surface area (TPSA) is 42.7 Å². The third-order valence-corrected chi connectivity index (χ3v) is 3.92. The maximum absolute atomic E-state index is 6.09. The number of morpholine rings is 1. The van der Waals surface area contributed by atoms with Gasteiger partial charge in [-0.05, 0) is 12.1 Å². The first kappa shape index (κ1) is 13.8. The van der Waals surface area contributed by atoms with Gasteiger partial charge in [0.15, 0.2) is 5.65 Å². The first-order valence-electron chi connectivity index (χ1n) is 6.87.